The average molecular weight is 457 g/mol. The Hall–Kier alpha value is -2.80. The molecular formula is C18H19F4N7OS. The maximum atomic E-state index is 13.9. The third kappa shape index (κ3) is 4.19. The van der Waals surface area contributed by atoms with Gasteiger partial charge in [-0.15, -0.1) is 11.3 Å². The summed E-state index contributed by atoms with van der Waals surface area (Å²) in [5.74, 6) is -3.44. The summed E-state index contributed by atoms with van der Waals surface area (Å²) in [4.78, 5) is 21.7. The molecule has 3 aromatic rings. The number of halogens is 4. The van der Waals surface area contributed by atoms with Crippen molar-refractivity contribution in [2.45, 2.75) is 43.7 Å². The number of rotatable bonds is 5. The van der Waals surface area contributed by atoms with Crippen molar-refractivity contribution >= 4 is 39.1 Å². The van der Waals surface area contributed by atoms with Crippen LogP contribution in [0.3, 0.4) is 0 Å². The highest BCUT2D eigenvalue weighted by molar-refractivity contribution is 7.17. The monoisotopic (exact) mass is 457 g/mol. The van der Waals surface area contributed by atoms with E-state index in [0.717, 1.165) is 11.3 Å². The average Bonchev–Trinajstić information content (AvgIpc) is 3.28. The zero-order chi connectivity index (χ0) is 22.3. The highest BCUT2D eigenvalue weighted by atomic mass is 32.1. The van der Waals surface area contributed by atoms with Crippen molar-refractivity contribution in [2.24, 2.45) is 12.8 Å². The summed E-state index contributed by atoms with van der Waals surface area (Å²) in [5.41, 5.74) is 5.40. The van der Waals surface area contributed by atoms with Gasteiger partial charge in [-0.2, -0.15) is 5.10 Å². The van der Waals surface area contributed by atoms with Gasteiger partial charge in [0.05, 0.1) is 23.5 Å². The lowest BCUT2D eigenvalue weighted by Crippen LogP contribution is -2.55. The summed E-state index contributed by atoms with van der Waals surface area (Å²) in [7, 11) is 1.46. The molecule has 2 atom stereocenters. The Morgan fingerprint density at radius 3 is 2.94 bits per heavy atom. The topological polar surface area (TPSA) is 111 Å². The van der Waals surface area contributed by atoms with Crippen LogP contribution in [0, 0.1) is 0 Å². The van der Waals surface area contributed by atoms with Crippen molar-refractivity contribution < 1.29 is 22.4 Å². The number of aryl methyl sites for hydroxylation is 1. The molecule has 1 aliphatic carbocycles. The SMILES string of the molecule is Cn1cc(NC(=O)c2csc3ncc(N[C@@H]4CCCC(F)(F)[C@@H]4N)nc23)c(C(F)F)n1. The first-order valence-electron chi connectivity index (χ1n) is 9.43. The number of anilines is 2. The second-order valence-electron chi connectivity index (χ2n) is 7.34. The van der Waals surface area contributed by atoms with E-state index in [0.29, 0.717) is 17.7 Å². The molecule has 31 heavy (non-hydrogen) atoms. The van der Waals surface area contributed by atoms with Crippen LogP contribution in [0.1, 0.15) is 41.7 Å². The van der Waals surface area contributed by atoms with Gasteiger partial charge in [0.1, 0.15) is 16.2 Å². The first kappa shape index (κ1) is 21.4. The minimum Gasteiger partial charge on any atom is -0.364 e. The van der Waals surface area contributed by atoms with Crippen LogP contribution < -0.4 is 16.4 Å². The lowest BCUT2D eigenvalue weighted by molar-refractivity contribution is -0.0554. The van der Waals surface area contributed by atoms with E-state index in [2.05, 4.69) is 25.7 Å². The Kier molecular flexibility index (Phi) is 5.56. The van der Waals surface area contributed by atoms with Gasteiger partial charge in [0.15, 0.2) is 5.69 Å². The number of carbonyl (C=O) groups is 1. The zero-order valence-corrected chi connectivity index (χ0v) is 17.1. The van der Waals surface area contributed by atoms with E-state index in [4.69, 9.17) is 5.73 Å². The maximum absolute atomic E-state index is 13.9. The van der Waals surface area contributed by atoms with Crippen molar-refractivity contribution in [3.05, 3.63) is 29.0 Å². The van der Waals surface area contributed by atoms with E-state index in [1.54, 1.807) is 0 Å². The summed E-state index contributed by atoms with van der Waals surface area (Å²) in [6.45, 7) is 0. The molecule has 3 heterocycles. The molecule has 8 nitrogen and oxygen atoms in total. The summed E-state index contributed by atoms with van der Waals surface area (Å²) in [5, 5.41) is 10.5. The number of thiophene rings is 1. The molecule has 0 radical (unpaired) electrons. The molecule has 0 unspecified atom stereocenters. The molecule has 13 heteroatoms. The van der Waals surface area contributed by atoms with Crippen LogP contribution in [0.2, 0.25) is 0 Å². The number of hydrogen-bond donors (Lipinski definition) is 3. The number of carbonyl (C=O) groups excluding carboxylic acids is 1. The fourth-order valence-corrected chi connectivity index (χ4v) is 4.37. The van der Waals surface area contributed by atoms with Crippen molar-refractivity contribution in [1.82, 2.24) is 19.7 Å². The fraction of sp³-hybridized carbons (Fsp3) is 0.444. The number of nitrogens with two attached hydrogens (primary N) is 1. The van der Waals surface area contributed by atoms with E-state index < -0.39 is 36.0 Å². The van der Waals surface area contributed by atoms with Crippen LogP contribution in [0.5, 0.6) is 0 Å². The van der Waals surface area contributed by atoms with Crippen molar-refractivity contribution in [3.63, 3.8) is 0 Å². The molecule has 4 N–H and O–H groups in total. The molecule has 1 amide bonds. The maximum Gasteiger partial charge on any atom is 0.284 e. The number of alkyl halides is 4. The van der Waals surface area contributed by atoms with Gasteiger partial charge in [0.25, 0.3) is 18.3 Å². The summed E-state index contributed by atoms with van der Waals surface area (Å²) >= 11 is 1.15. The van der Waals surface area contributed by atoms with Gasteiger partial charge in [-0.25, -0.2) is 27.5 Å². The Bertz CT molecular complexity index is 1120. The molecule has 166 valence electrons. The number of amides is 1. The van der Waals surface area contributed by atoms with Gasteiger partial charge in [-0.05, 0) is 12.8 Å². The molecule has 1 aliphatic rings. The van der Waals surface area contributed by atoms with Gasteiger partial charge in [-0.1, -0.05) is 0 Å². The van der Waals surface area contributed by atoms with Crippen molar-refractivity contribution in [3.8, 4) is 0 Å². The Morgan fingerprint density at radius 2 is 2.19 bits per heavy atom. The van der Waals surface area contributed by atoms with Gasteiger partial charge in [0, 0.05) is 31.1 Å². The molecule has 4 rings (SSSR count). The number of nitrogens with zero attached hydrogens (tertiary/aromatic N) is 4. The molecule has 0 bridgehead atoms. The van der Waals surface area contributed by atoms with Crippen LogP contribution in [-0.2, 0) is 7.05 Å². The molecule has 0 aliphatic heterocycles. The van der Waals surface area contributed by atoms with E-state index in [9.17, 15) is 22.4 Å². The van der Waals surface area contributed by atoms with E-state index >= 15 is 0 Å². The number of aromatic nitrogens is 4. The lowest BCUT2D eigenvalue weighted by atomic mass is 9.87. The lowest BCUT2D eigenvalue weighted by Gasteiger charge is -2.36. The third-order valence-corrected chi connectivity index (χ3v) is 5.99. The predicted molar refractivity (Wildman–Crippen MR) is 108 cm³/mol. The predicted octanol–water partition coefficient (Wildman–Crippen LogP) is 3.54. The summed E-state index contributed by atoms with van der Waals surface area (Å²) in [6.07, 6.45) is 0.306. The van der Waals surface area contributed by atoms with E-state index in [1.165, 1.54) is 29.5 Å². The Balaban J connectivity index is 1.58. The van der Waals surface area contributed by atoms with Crippen LogP contribution in [0.4, 0.5) is 29.1 Å². The second-order valence-corrected chi connectivity index (χ2v) is 8.20. The van der Waals surface area contributed by atoms with Crippen LogP contribution in [0.25, 0.3) is 10.3 Å². The Labute approximate surface area is 177 Å². The molecule has 1 fully saturated rings. The van der Waals surface area contributed by atoms with Gasteiger partial charge < -0.3 is 16.4 Å². The molecular weight excluding hydrogens is 438 g/mol. The minimum absolute atomic E-state index is 0.112. The first-order chi connectivity index (χ1) is 14.7. The fourth-order valence-electron chi connectivity index (χ4n) is 3.54. The normalized spacial score (nSPS) is 20.9. The van der Waals surface area contributed by atoms with Crippen LogP contribution >= 0.6 is 11.3 Å². The van der Waals surface area contributed by atoms with Gasteiger partial charge >= 0.3 is 0 Å². The third-order valence-electron chi connectivity index (χ3n) is 5.12. The highest BCUT2D eigenvalue weighted by Gasteiger charge is 2.44. The quantitative estimate of drug-likeness (QED) is 0.506. The van der Waals surface area contributed by atoms with Crippen molar-refractivity contribution in [1.29, 1.82) is 0 Å². The molecule has 0 saturated heterocycles. The molecule has 0 spiro atoms. The molecule has 3 aromatic heterocycles. The first-order valence-corrected chi connectivity index (χ1v) is 10.3. The van der Waals surface area contributed by atoms with Crippen LogP contribution in [-0.4, -0.2) is 43.7 Å². The summed E-state index contributed by atoms with van der Waals surface area (Å²) in [6, 6.07) is -2.07. The number of fused-ring (bicyclic) bond motifs is 1. The van der Waals surface area contributed by atoms with Gasteiger partial charge in [-0.3, -0.25) is 9.48 Å². The molecule has 1 saturated carbocycles. The van der Waals surface area contributed by atoms with Crippen LogP contribution in [0.15, 0.2) is 17.8 Å². The standard InChI is InChI=1S/C18H19F4N7OS/c1-29-6-10(13(28-29)15(19)20)26-16(30)8-7-31-17-12(8)27-11(5-24-17)25-9-3-2-4-18(21,22)14(9)23/h5-7,9,14-15H,2-4,23H2,1H3,(H,25,27)(H,26,30)/t9-,14-/m1/s1. The van der Waals surface area contributed by atoms with Gasteiger partial charge in [0.2, 0.25) is 0 Å². The molecule has 0 aromatic carbocycles. The van der Waals surface area contributed by atoms with E-state index in [-0.39, 0.29) is 29.0 Å². The second kappa shape index (κ2) is 8.04. The Morgan fingerprint density at radius 1 is 1.42 bits per heavy atom. The van der Waals surface area contributed by atoms with Crippen molar-refractivity contribution in [2.75, 3.05) is 10.6 Å². The highest BCUT2D eigenvalue weighted by Crippen LogP contribution is 2.34. The largest absolute Gasteiger partial charge is 0.364 e. The smallest absolute Gasteiger partial charge is 0.284 e. The minimum atomic E-state index is -2.98. The van der Waals surface area contributed by atoms with E-state index in [1.807, 2.05) is 0 Å². The number of nitrogens with one attached hydrogen (secondary N) is 2. The zero-order valence-electron chi connectivity index (χ0n) is 16.3. The number of hydrogen-bond acceptors (Lipinski definition) is 7. The summed E-state index contributed by atoms with van der Waals surface area (Å²) < 4.78 is 55.3.